The van der Waals surface area contributed by atoms with Gasteiger partial charge >= 0.3 is 0 Å². The lowest BCUT2D eigenvalue weighted by molar-refractivity contribution is -0.0586. The Hall–Kier alpha value is -2.34. The molecule has 25 heavy (non-hydrogen) atoms. The number of nitrogens with zero attached hydrogens (tertiary/aromatic N) is 2. The predicted octanol–water partition coefficient (Wildman–Crippen LogP) is 3.10. The van der Waals surface area contributed by atoms with Crippen LogP contribution in [0.15, 0.2) is 34.9 Å². The minimum absolute atomic E-state index is 0.0499. The van der Waals surface area contributed by atoms with Gasteiger partial charge in [-0.1, -0.05) is 6.92 Å². The molecule has 6 heteroatoms. The molecule has 1 aromatic heterocycles. The number of carbonyl (C=O) groups excluding carboxylic acids is 1. The van der Waals surface area contributed by atoms with E-state index < -0.39 is 0 Å². The van der Waals surface area contributed by atoms with Gasteiger partial charge in [0.1, 0.15) is 5.76 Å². The second-order valence-electron chi connectivity index (χ2n) is 6.47. The van der Waals surface area contributed by atoms with Crippen molar-refractivity contribution >= 4 is 11.6 Å². The zero-order valence-electron chi connectivity index (χ0n) is 15.0. The summed E-state index contributed by atoms with van der Waals surface area (Å²) in [6.07, 6.45) is 2.73. The van der Waals surface area contributed by atoms with Crippen molar-refractivity contribution in [2.45, 2.75) is 45.9 Å². The quantitative estimate of drug-likeness (QED) is 0.903. The van der Waals surface area contributed by atoms with Gasteiger partial charge in [-0.05, 0) is 38.1 Å². The highest BCUT2D eigenvalue weighted by atomic mass is 16.5. The Morgan fingerprint density at radius 3 is 2.52 bits per heavy atom. The van der Waals surface area contributed by atoms with Gasteiger partial charge in [-0.25, -0.2) is 4.98 Å². The monoisotopic (exact) mass is 343 g/mol. The maximum atomic E-state index is 12.6. The Balaban J connectivity index is 1.58. The SMILES string of the molecule is CCc1cnc(CNc2ccc(C(=O)N3C[C@@H](C)O[C@H](C)C3)cc2)o1. The van der Waals surface area contributed by atoms with Gasteiger partial charge in [-0.2, -0.15) is 0 Å². The van der Waals surface area contributed by atoms with Gasteiger partial charge in [0.2, 0.25) is 5.89 Å². The fourth-order valence-corrected chi connectivity index (χ4v) is 3.03. The maximum Gasteiger partial charge on any atom is 0.254 e. The molecule has 3 rings (SSSR count). The largest absolute Gasteiger partial charge is 0.444 e. The van der Waals surface area contributed by atoms with Gasteiger partial charge in [0.25, 0.3) is 5.91 Å². The smallest absolute Gasteiger partial charge is 0.254 e. The lowest BCUT2D eigenvalue weighted by Gasteiger charge is -2.35. The molecule has 1 fully saturated rings. The number of amides is 1. The van der Waals surface area contributed by atoms with Crippen molar-refractivity contribution in [3.05, 3.63) is 47.7 Å². The van der Waals surface area contributed by atoms with Crippen molar-refractivity contribution in [3.8, 4) is 0 Å². The normalized spacial score (nSPS) is 20.5. The molecule has 2 atom stereocenters. The van der Waals surface area contributed by atoms with Crippen LogP contribution in [0.4, 0.5) is 5.69 Å². The van der Waals surface area contributed by atoms with E-state index in [4.69, 9.17) is 9.15 Å². The number of hydrogen-bond acceptors (Lipinski definition) is 5. The van der Waals surface area contributed by atoms with Gasteiger partial charge in [-0.15, -0.1) is 0 Å². The van der Waals surface area contributed by atoms with Crippen LogP contribution >= 0.6 is 0 Å². The third-order valence-corrected chi connectivity index (χ3v) is 4.23. The Labute approximate surface area is 148 Å². The summed E-state index contributed by atoms with van der Waals surface area (Å²) >= 11 is 0. The Kier molecular flexibility index (Phi) is 5.38. The summed E-state index contributed by atoms with van der Waals surface area (Å²) in [5, 5.41) is 3.26. The van der Waals surface area contributed by atoms with Crippen LogP contribution in [0.3, 0.4) is 0 Å². The highest BCUT2D eigenvalue weighted by Gasteiger charge is 2.26. The maximum absolute atomic E-state index is 12.6. The number of anilines is 1. The number of carbonyl (C=O) groups is 1. The first kappa shape index (κ1) is 17.5. The number of ether oxygens (including phenoxy) is 1. The lowest BCUT2D eigenvalue weighted by Crippen LogP contribution is -2.48. The molecule has 1 amide bonds. The standard InChI is InChI=1S/C19H25N3O3/c1-4-17-9-21-18(25-17)10-20-16-7-5-15(6-8-16)19(23)22-11-13(2)24-14(3)12-22/h5-9,13-14,20H,4,10-12H2,1-3H3/t13-,14-/m1/s1. The van der Waals surface area contributed by atoms with Gasteiger partial charge in [-0.3, -0.25) is 4.79 Å². The molecule has 1 aliphatic rings. The van der Waals surface area contributed by atoms with E-state index in [2.05, 4.69) is 10.3 Å². The third kappa shape index (κ3) is 4.39. The summed E-state index contributed by atoms with van der Waals surface area (Å²) in [5.41, 5.74) is 1.62. The van der Waals surface area contributed by atoms with Crippen LogP contribution in [0, 0.1) is 0 Å². The van der Waals surface area contributed by atoms with Crippen LogP contribution in [-0.4, -0.2) is 41.1 Å². The van der Waals surface area contributed by atoms with Crippen molar-refractivity contribution in [3.63, 3.8) is 0 Å². The van der Waals surface area contributed by atoms with Gasteiger partial charge in [0.15, 0.2) is 0 Å². The molecule has 134 valence electrons. The average Bonchev–Trinajstić information content (AvgIpc) is 3.07. The zero-order chi connectivity index (χ0) is 17.8. The number of oxazole rings is 1. The number of benzene rings is 1. The first-order valence-electron chi connectivity index (χ1n) is 8.77. The summed E-state index contributed by atoms with van der Waals surface area (Å²) in [4.78, 5) is 18.7. The minimum atomic E-state index is 0.0499. The van der Waals surface area contributed by atoms with E-state index in [0.29, 0.717) is 31.1 Å². The number of hydrogen-bond donors (Lipinski definition) is 1. The molecule has 2 aromatic rings. The van der Waals surface area contributed by atoms with E-state index in [9.17, 15) is 4.79 Å². The van der Waals surface area contributed by atoms with E-state index in [1.54, 1.807) is 6.20 Å². The van der Waals surface area contributed by atoms with Crippen LogP contribution in [0.25, 0.3) is 0 Å². The molecule has 1 saturated heterocycles. The van der Waals surface area contributed by atoms with E-state index in [1.807, 2.05) is 49.9 Å². The molecule has 2 heterocycles. The Morgan fingerprint density at radius 1 is 1.24 bits per heavy atom. The second-order valence-corrected chi connectivity index (χ2v) is 6.47. The fraction of sp³-hybridized carbons (Fsp3) is 0.474. The number of morpholine rings is 1. The first-order chi connectivity index (χ1) is 12.0. The molecule has 1 aromatic carbocycles. The van der Waals surface area contributed by atoms with E-state index >= 15 is 0 Å². The predicted molar refractivity (Wildman–Crippen MR) is 95.6 cm³/mol. The highest BCUT2D eigenvalue weighted by molar-refractivity contribution is 5.94. The Bertz CT molecular complexity index is 701. The number of nitrogens with one attached hydrogen (secondary N) is 1. The van der Waals surface area contributed by atoms with Crippen LogP contribution in [0.2, 0.25) is 0 Å². The van der Waals surface area contributed by atoms with Crippen molar-refractivity contribution in [1.29, 1.82) is 0 Å². The van der Waals surface area contributed by atoms with Gasteiger partial charge < -0.3 is 19.4 Å². The second kappa shape index (κ2) is 7.70. The van der Waals surface area contributed by atoms with Gasteiger partial charge in [0, 0.05) is 30.8 Å². The molecule has 1 aliphatic heterocycles. The molecule has 1 N–H and O–H groups in total. The molecule has 0 aliphatic carbocycles. The molecule has 0 radical (unpaired) electrons. The van der Waals surface area contributed by atoms with Crippen molar-refractivity contribution in [2.24, 2.45) is 0 Å². The van der Waals surface area contributed by atoms with Crippen molar-refractivity contribution in [2.75, 3.05) is 18.4 Å². The van der Waals surface area contributed by atoms with E-state index in [-0.39, 0.29) is 18.1 Å². The summed E-state index contributed by atoms with van der Waals surface area (Å²) in [6, 6.07) is 7.51. The lowest BCUT2D eigenvalue weighted by atomic mass is 10.1. The van der Waals surface area contributed by atoms with Crippen molar-refractivity contribution in [1.82, 2.24) is 9.88 Å². The van der Waals surface area contributed by atoms with Crippen LogP contribution in [0.5, 0.6) is 0 Å². The minimum Gasteiger partial charge on any atom is -0.444 e. The summed E-state index contributed by atoms with van der Waals surface area (Å²) < 4.78 is 11.3. The number of aryl methyl sites for hydroxylation is 1. The molecular weight excluding hydrogens is 318 g/mol. The summed E-state index contributed by atoms with van der Waals surface area (Å²) in [7, 11) is 0. The average molecular weight is 343 g/mol. The van der Waals surface area contributed by atoms with E-state index in [1.165, 1.54) is 0 Å². The first-order valence-corrected chi connectivity index (χ1v) is 8.77. The number of aromatic nitrogens is 1. The van der Waals surface area contributed by atoms with Crippen LogP contribution < -0.4 is 5.32 Å². The third-order valence-electron chi connectivity index (χ3n) is 4.23. The molecule has 0 bridgehead atoms. The summed E-state index contributed by atoms with van der Waals surface area (Å²) in [5.74, 6) is 1.59. The van der Waals surface area contributed by atoms with E-state index in [0.717, 1.165) is 17.9 Å². The highest BCUT2D eigenvalue weighted by Crippen LogP contribution is 2.17. The Morgan fingerprint density at radius 2 is 1.92 bits per heavy atom. The fourth-order valence-electron chi connectivity index (χ4n) is 3.03. The molecular formula is C19H25N3O3. The topological polar surface area (TPSA) is 67.6 Å². The molecule has 0 spiro atoms. The van der Waals surface area contributed by atoms with Gasteiger partial charge in [0.05, 0.1) is 24.9 Å². The molecule has 0 saturated carbocycles. The number of rotatable bonds is 5. The zero-order valence-corrected chi connectivity index (χ0v) is 15.0. The van der Waals surface area contributed by atoms with Crippen LogP contribution in [-0.2, 0) is 17.7 Å². The van der Waals surface area contributed by atoms with Crippen molar-refractivity contribution < 1.29 is 13.9 Å². The van der Waals surface area contributed by atoms with Crippen LogP contribution in [0.1, 0.15) is 42.8 Å². The molecule has 6 nitrogen and oxygen atoms in total. The summed E-state index contributed by atoms with van der Waals surface area (Å²) in [6.45, 7) is 7.81. The molecule has 0 unspecified atom stereocenters.